The Morgan fingerprint density at radius 3 is 2.00 bits per heavy atom. The Kier molecular flexibility index (Phi) is 6.33. The molecular formula is C30H24O6. The van der Waals surface area contributed by atoms with Crippen molar-refractivity contribution in [3.63, 3.8) is 0 Å². The summed E-state index contributed by atoms with van der Waals surface area (Å²) in [6.07, 6.45) is 0. The minimum absolute atomic E-state index is 0.0170. The van der Waals surface area contributed by atoms with Gasteiger partial charge in [-0.2, -0.15) is 0 Å². The molecule has 6 nitrogen and oxygen atoms in total. The average Bonchev–Trinajstić information content (AvgIpc) is 2.89. The van der Waals surface area contributed by atoms with E-state index in [-0.39, 0.29) is 22.5 Å². The van der Waals surface area contributed by atoms with Gasteiger partial charge in [0.1, 0.15) is 29.9 Å². The number of hydrogen-bond acceptors (Lipinski definition) is 6. The van der Waals surface area contributed by atoms with Gasteiger partial charge in [-0.3, -0.25) is 4.79 Å². The van der Waals surface area contributed by atoms with Gasteiger partial charge in [0.2, 0.25) is 11.2 Å². The summed E-state index contributed by atoms with van der Waals surface area (Å²) in [4.78, 5) is 12.9. The summed E-state index contributed by atoms with van der Waals surface area (Å²) in [7, 11) is 0. The molecule has 0 fully saturated rings. The van der Waals surface area contributed by atoms with Gasteiger partial charge in [0.25, 0.3) is 0 Å². The highest BCUT2D eigenvalue weighted by Crippen LogP contribution is 2.38. The number of phenols is 1. The molecule has 0 amide bonds. The maximum atomic E-state index is 12.9. The molecule has 0 aliphatic rings. The van der Waals surface area contributed by atoms with Crippen LogP contribution in [-0.4, -0.2) is 10.2 Å². The maximum absolute atomic E-state index is 12.9. The van der Waals surface area contributed by atoms with Crippen molar-refractivity contribution in [2.24, 2.45) is 0 Å². The van der Waals surface area contributed by atoms with E-state index in [1.54, 1.807) is 31.2 Å². The molecule has 1 heterocycles. The van der Waals surface area contributed by atoms with E-state index in [4.69, 9.17) is 13.9 Å². The topological polar surface area (TPSA) is 89.1 Å². The fourth-order valence-corrected chi connectivity index (χ4v) is 3.97. The minimum atomic E-state index is -0.708. The largest absolute Gasteiger partial charge is 0.507 e. The molecule has 0 spiro atoms. The molecule has 0 unspecified atom stereocenters. The lowest BCUT2D eigenvalue weighted by Gasteiger charge is -2.15. The summed E-state index contributed by atoms with van der Waals surface area (Å²) in [5.41, 5.74) is 2.60. The molecule has 5 rings (SSSR count). The predicted octanol–water partition coefficient (Wildman–Crippen LogP) is 6.34. The van der Waals surface area contributed by atoms with Crippen LogP contribution in [-0.2, 0) is 13.2 Å². The number of benzene rings is 4. The van der Waals surface area contributed by atoms with Crippen LogP contribution in [0.2, 0.25) is 0 Å². The van der Waals surface area contributed by atoms with E-state index < -0.39 is 11.2 Å². The lowest BCUT2D eigenvalue weighted by molar-refractivity contribution is 0.256. The van der Waals surface area contributed by atoms with Crippen LogP contribution in [0.15, 0.2) is 100 Å². The average molecular weight is 481 g/mol. The van der Waals surface area contributed by atoms with Crippen LogP contribution < -0.4 is 14.9 Å². The third-order valence-corrected chi connectivity index (χ3v) is 5.78. The van der Waals surface area contributed by atoms with Crippen LogP contribution in [0.3, 0.4) is 0 Å². The van der Waals surface area contributed by atoms with E-state index >= 15 is 0 Å². The molecule has 2 N–H and O–H groups in total. The molecule has 0 bridgehead atoms. The van der Waals surface area contributed by atoms with Crippen molar-refractivity contribution < 1.29 is 24.1 Å². The number of hydrogen-bond donors (Lipinski definition) is 2. The molecule has 6 heteroatoms. The predicted molar refractivity (Wildman–Crippen MR) is 138 cm³/mol. The van der Waals surface area contributed by atoms with Gasteiger partial charge in [0.15, 0.2) is 17.3 Å². The molecule has 0 aliphatic heterocycles. The fraction of sp³-hybridized carbons (Fsp3) is 0.100. The summed E-state index contributed by atoms with van der Waals surface area (Å²) in [5.74, 6) is 0.0959. The first-order valence-electron chi connectivity index (χ1n) is 11.5. The SMILES string of the molecule is Cc1cc(O)c2c(=O)c(O)c(-c3ccc(OCc4ccccc4)c(OCc4ccccc4)c3)oc2c1. The first-order valence-corrected chi connectivity index (χ1v) is 11.5. The van der Waals surface area contributed by atoms with Crippen molar-refractivity contribution in [1.82, 2.24) is 0 Å². The van der Waals surface area contributed by atoms with Crippen molar-refractivity contribution in [2.75, 3.05) is 0 Å². The number of phenolic OH excluding ortho intramolecular Hbond substituents is 1. The normalized spacial score (nSPS) is 10.9. The van der Waals surface area contributed by atoms with Gasteiger partial charge in [-0.25, -0.2) is 0 Å². The van der Waals surface area contributed by atoms with E-state index in [1.807, 2.05) is 60.7 Å². The van der Waals surface area contributed by atoms with Crippen LogP contribution in [0.25, 0.3) is 22.3 Å². The Labute approximate surface area is 207 Å². The van der Waals surface area contributed by atoms with E-state index in [9.17, 15) is 15.0 Å². The van der Waals surface area contributed by atoms with Crippen LogP contribution in [0.4, 0.5) is 0 Å². The van der Waals surface area contributed by atoms with Gasteiger partial charge in [-0.1, -0.05) is 60.7 Å². The highest BCUT2D eigenvalue weighted by molar-refractivity contribution is 5.87. The van der Waals surface area contributed by atoms with Crippen molar-refractivity contribution in [1.29, 1.82) is 0 Å². The quantitative estimate of drug-likeness (QED) is 0.283. The Balaban J connectivity index is 1.55. The van der Waals surface area contributed by atoms with E-state index in [0.717, 1.165) is 16.7 Å². The van der Waals surface area contributed by atoms with Crippen molar-refractivity contribution in [2.45, 2.75) is 20.1 Å². The molecule has 180 valence electrons. The number of aryl methyl sites for hydroxylation is 1. The highest BCUT2D eigenvalue weighted by Gasteiger charge is 2.20. The summed E-state index contributed by atoms with van der Waals surface area (Å²) in [6, 6.07) is 27.6. The van der Waals surface area contributed by atoms with Crippen LogP contribution in [0, 0.1) is 6.92 Å². The molecule has 0 saturated carbocycles. The molecule has 0 aliphatic carbocycles. The first-order chi connectivity index (χ1) is 17.5. The van der Waals surface area contributed by atoms with Gasteiger partial charge in [-0.15, -0.1) is 0 Å². The second-order valence-electron chi connectivity index (χ2n) is 8.48. The summed E-state index contributed by atoms with van der Waals surface area (Å²) >= 11 is 0. The van der Waals surface area contributed by atoms with Gasteiger partial charge in [-0.05, 0) is 53.9 Å². The Bertz CT molecular complexity index is 1570. The van der Waals surface area contributed by atoms with E-state index in [2.05, 4.69) is 0 Å². The summed E-state index contributed by atoms with van der Waals surface area (Å²) < 4.78 is 18.1. The molecular weight excluding hydrogens is 456 g/mol. The van der Waals surface area contributed by atoms with Gasteiger partial charge in [0.05, 0.1) is 0 Å². The van der Waals surface area contributed by atoms with Gasteiger partial charge < -0.3 is 24.1 Å². The number of aromatic hydroxyl groups is 2. The van der Waals surface area contributed by atoms with Crippen LogP contribution in [0.1, 0.15) is 16.7 Å². The zero-order valence-corrected chi connectivity index (χ0v) is 19.6. The second kappa shape index (κ2) is 9.88. The molecule has 0 radical (unpaired) electrons. The molecule has 0 saturated heterocycles. The van der Waals surface area contributed by atoms with Crippen molar-refractivity contribution in [3.8, 4) is 34.3 Å². The van der Waals surface area contributed by atoms with Gasteiger partial charge >= 0.3 is 0 Å². The zero-order chi connectivity index (χ0) is 25.1. The Hall–Kier alpha value is -4.71. The van der Waals surface area contributed by atoms with Crippen molar-refractivity contribution >= 4 is 11.0 Å². The Morgan fingerprint density at radius 2 is 1.36 bits per heavy atom. The van der Waals surface area contributed by atoms with Crippen LogP contribution >= 0.6 is 0 Å². The zero-order valence-electron chi connectivity index (χ0n) is 19.6. The summed E-state index contributed by atoms with van der Waals surface area (Å²) in [5, 5.41) is 20.8. The molecule has 4 aromatic carbocycles. The second-order valence-corrected chi connectivity index (χ2v) is 8.48. The van der Waals surface area contributed by atoms with Crippen LogP contribution in [0.5, 0.6) is 23.0 Å². The number of rotatable bonds is 7. The minimum Gasteiger partial charge on any atom is -0.507 e. The monoisotopic (exact) mass is 480 g/mol. The summed E-state index contributed by atoms with van der Waals surface area (Å²) in [6.45, 7) is 2.42. The molecule has 5 aromatic rings. The van der Waals surface area contributed by atoms with Gasteiger partial charge in [0, 0.05) is 5.56 Å². The molecule has 1 aromatic heterocycles. The third kappa shape index (κ3) is 4.74. The first kappa shape index (κ1) is 23.1. The highest BCUT2D eigenvalue weighted by atomic mass is 16.5. The number of ether oxygens (including phenoxy) is 2. The van der Waals surface area contributed by atoms with E-state index in [1.165, 1.54) is 6.07 Å². The maximum Gasteiger partial charge on any atom is 0.238 e. The lowest BCUT2D eigenvalue weighted by atomic mass is 10.1. The Morgan fingerprint density at radius 1 is 0.750 bits per heavy atom. The molecule has 0 atom stereocenters. The number of fused-ring (bicyclic) bond motifs is 1. The smallest absolute Gasteiger partial charge is 0.238 e. The standard InChI is InChI=1S/C30H24O6/c1-19-14-23(31)27-26(15-19)36-30(29(33)28(27)32)22-12-13-24(34-17-20-8-4-2-5-9-20)25(16-22)35-18-21-10-6-3-7-11-21/h2-16,31,33H,17-18H2,1H3. The molecule has 36 heavy (non-hydrogen) atoms. The van der Waals surface area contributed by atoms with E-state index in [0.29, 0.717) is 30.3 Å². The lowest BCUT2D eigenvalue weighted by Crippen LogP contribution is -2.04. The van der Waals surface area contributed by atoms with Crippen molar-refractivity contribution in [3.05, 3.63) is 118 Å². The fourth-order valence-electron chi connectivity index (χ4n) is 3.97. The third-order valence-electron chi connectivity index (χ3n) is 5.78.